The van der Waals surface area contributed by atoms with Crippen molar-refractivity contribution >= 4 is 12.4 Å². The Morgan fingerprint density at radius 3 is 2.57 bits per heavy atom. The van der Waals surface area contributed by atoms with Crippen LogP contribution >= 0.6 is 0 Å². The molecule has 0 aliphatic heterocycles. The molecule has 0 amide bonds. The summed E-state index contributed by atoms with van der Waals surface area (Å²) in [6, 6.07) is 21.4. The number of furan rings is 1. The number of hydrogen-bond acceptors (Lipinski definition) is 4. The van der Waals surface area contributed by atoms with E-state index in [1.807, 2.05) is 60.7 Å². The van der Waals surface area contributed by atoms with Crippen molar-refractivity contribution in [3.05, 3.63) is 89.9 Å². The first-order valence-electron chi connectivity index (χ1n) is 7.27. The number of hydrogen-bond donors (Lipinski definition) is 0. The van der Waals surface area contributed by atoms with Gasteiger partial charge >= 0.3 is 0 Å². The van der Waals surface area contributed by atoms with E-state index in [4.69, 9.17) is 9.15 Å². The molecule has 2 aromatic carbocycles. The van der Waals surface area contributed by atoms with Crippen LogP contribution in [0.3, 0.4) is 0 Å². The largest absolute Gasteiger partial charge is 0.489 e. The second-order valence-corrected chi connectivity index (χ2v) is 4.85. The summed E-state index contributed by atoms with van der Waals surface area (Å²) in [6.45, 7) is 0.540. The maximum atomic E-state index is 5.78. The summed E-state index contributed by atoms with van der Waals surface area (Å²) in [4.78, 5) is 0. The first-order chi connectivity index (χ1) is 11.4. The summed E-state index contributed by atoms with van der Waals surface area (Å²) < 4.78 is 10.9. The molecule has 4 nitrogen and oxygen atoms in total. The third-order valence-electron chi connectivity index (χ3n) is 3.11. The van der Waals surface area contributed by atoms with Crippen molar-refractivity contribution in [2.24, 2.45) is 10.2 Å². The Bertz CT molecular complexity index is 778. The topological polar surface area (TPSA) is 47.1 Å². The second-order valence-electron chi connectivity index (χ2n) is 4.85. The van der Waals surface area contributed by atoms with Crippen LogP contribution in [0.15, 0.2) is 87.6 Å². The molecule has 23 heavy (non-hydrogen) atoms. The molecule has 0 unspecified atom stereocenters. The van der Waals surface area contributed by atoms with Gasteiger partial charge in [-0.05, 0) is 35.4 Å². The van der Waals surface area contributed by atoms with Crippen LogP contribution in [0.25, 0.3) is 0 Å². The van der Waals surface area contributed by atoms with Crippen molar-refractivity contribution in [1.82, 2.24) is 0 Å². The zero-order chi connectivity index (χ0) is 15.7. The normalized spacial score (nSPS) is 11.3. The van der Waals surface area contributed by atoms with Gasteiger partial charge in [-0.2, -0.15) is 10.2 Å². The van der Waals surface area contributed by atoms with E-state index in [0.29, 0.717) is 12.4 Å². The van der Waals surface area contributed by atoms with Gasteiger partial charge in [0.05, 0.1) is 18.7 Å². The lowest BCUT2D eigenvalue weighted by Gasteiger charge is -2.06. The molecule has 3 aromatic rings. The number of benzene rings is 2. The Morgan fingerprint density at radius 1 is 0.870 bits per heavy atom. The highest BCUT2D eigenvalue weighted by molar-refractivity contribution is 5.81. The van der Waals surface area contributed by atoms with E-state index < -0.39 is 0 Å². The van der Waals surface area contributed by atoms with E-state index in [2.05, 4.69) is 10.2 Å². The Morgan fingerprint density at radius 2 is 1.74 bits per heavy atom. The lowest BCUT2D eigenvalue weighted by Crippen LogP contribution is -1.95. The summed E-state index contributed by atoms with van der Waals surface area (Å²) in [5.74, 6) is 1.47. The third kappa shape index (κ3) is 4.68. The maximum Gasteiger partial charge on any atom is 0.146 e. The summed E-state index contributed by atoms with van der Waals surface area (Å²) in [6.07, 6.45) is 4.83. The molecule has 1 heterocycles. The van der Waals surface area contributed by atoms with Gasteiger partial charge in [0.2, 0.25) is 0 Å². The lowest BCUT2D eigenvalue weighted by molar-refractivity contribution is 0.306. The molecule has 0 N–H and O–H groups in total. The van der Waals surface area contributed by atoms with Crippen LogP contribution in [0.1, 0.15) is 16.9 Å². The van der Waals surface area contributed by atoms with E-state index in [1.165, 1.54) is 0 Å². The van der Waals surface area contributed by atoms with Crippen LogP contribution < -0.4 is 4.74 Å². The van der Waals surface area contributed by atoms with E-state index in [1.54, 1.807) is 24.8 Å². The van der Waals surface area contributed by atoms with Crippen molar-refractivity contribution in [3.8, 4) is 5.75 Å². The summed E-state index contributed by atoms with van der Waals surface area (Å²) in [5.41, 5.74) is 2.06. The molecule has 1 aromatic heterocycles. The highest BCUT2D eigenvalue weighted by atomic mass is 16.5. The van der Waals surface area contributed by atoms with E-state index in [0.717, 1.165) is 16.9 Å². The zero-order valence-corrected chi connectivity index (χ0v) is 12.5. The predicted molar refractivity (Wildman–Crippen MR) is 91.1 cm³/mol. The molecule has 0 radical (unpaired) electrons. The van der Waals surface area contributed by atoms with Crippen LogP contribution in [-0.4, -0.2) is 12.4 Å². The highest BCUT2D eigenvalue weighted by Crippen LogP contribution is 2.14. The fraction of sp³-hybridized carbons (Fsp3) is 0.0526. The maximum absolute atomic E-state index is 5.78. The smallest absolute Gasteiger partial charge is 0.146 e. The Hall–Kier alpha value is -3.14. The van der Waals surface area contributed by atoms with Gasteiger partial charge in [0, 0.05) is 0 Å². The SMILES string of the molecule is C(=N\N=C\c1ccco1)/c1cccc(OCc2ccccc2)c1. The summed E-state index contributed by atoms with van der Waals surface area (Å²) in [5, 5.41) is 7.95. The fourth-order valence-corrected chi connectivity index (χ4v) is 1.98. The zero-order valence-electron chi connectivity index (χ0n) is 12.5. The summed E-state index contributed by atoms with van der Waals surface area (Å²) >= 11 is 0. The van der Waals surface area contributed by atoms with Crippen molar-refractivity contribution in [1.29, 1.82) is 0 Å². The van der Waals surface area contributed by atoms with Crippen molar-refractivity contribution in [2.75, 3.05) is 0 Å². The van der Waals surface area contributed by atoms with Crippen LogP contribution in [0.4, 0.5) is 0 Å². The Labute approximate surface area is 134 Å². The van der Waals surface area contributed by atoms with Gasteiger partial charge in [-0.1, -0.05) is 42.5 Å². The Kier molecular flexibility index (Phi) is 4.98. The van der Waals surface area contributed by atoms with Gasteiger partial charge < -0.3 is 9.15 Å². The molecule has 0 aliphatic rings. The van der Waals surface area contributed by atoms with Gasteiger partial charge in [0.15, 0.2) is 0 Å². The third-order valence-corrected chi connectivity index (χ3v) is 3.11. The first-order valence-corrected chi connectivity index (χ1v) is 7.27. The molecular weight excluding hydrogens is 288 g/mol. The molecule has 0 saturated carbocycles. The predicted octanol–water partition coefficient (Wildman–Crippen LogP) is 4.31. The highest BCUT2D eigenvalue weighted by Gasteiger charge is 1.96. The van der Waals surface area contributed by atoms with Gasteiger partial charge in [-0.25, -0.2) is 0 Å². The molecule has 0 aliphatic carbocycles. The van der Waals surface area contributed by atoms with E-state index >= 15 is 0 Å². The van der Waals surface area contributed by atoms with Crippen molar-refractivity contribution in [2.45, 2.75) is 6.61 Å². The first kappa shape index (κ1) is 14.8. The molecule has 0 saturated heterocycles. The van der Waals surface area contributed by atoms with E-state index in [-0.39, 0.29) is 0 Å². The quantitative estimate of drug-likeness (QED) is 0.503. The lowest BCUT2D eigenvalue weighted by atomic mass is 10.2. The van der Waals surface area contributed by atoms with Crippen LogP contribution in [0.2, 0.25) is 0 Å². The van der Waals surface area contributed by atoms with Crippen LogP contribution in [-0.2, 0) is 6.61 Å². The molecule has 0 spiro atoms. The number of nitrogens with zero attached hydrogens (tertiary/aromatic N) is 2. The molecule has 0 bridgehead atoms. The van der Waals surface area contributed by atoms with E-state index in [9.17, 15) is 0 Å². The monoisotopic (exact) mass is 304 g/mol. The average molecular weight is 304 g/mol. The van der Waals surface area contributed by atoms with Crippen LogP contribution in [0, 0.1) is 0 Å². The molecular formula is C19H16N2O2. The van der Waals surface area contributed by atoms with Crippen LogP contribution in [0.5, 0.6) is 5.75 Å². The number of ether oxygens (including phenoxy) is 1. The standard InChI is InChI=1S/C19H16N2O2/c1-2-6-16(7-3-1)15-23-18-9-4-8-17(12-18)13-20-21-14-19-10-5-11-22-19/h1-14H,15H2/b20-13+,21-14+. The van der Waals surface area contributed by atoms with Crippen molar-refractivity contribution in [3.63, 3.8) is 0 Å². The minimum atomic E-state index is 0.540. The molecule has 3 rings (SSSR count). The molecule has 114 valence electrons. The summed E-state index contributed by atoms with van der Waals surface area (Å²) in [7, 11) is 0. The van der Waals surface area contributed by atoms with Gasteiger partial charge in [-0.3, -0.25) is 0 Å². The van der Waals surface area contributed by atoms with Gasteiger partial charge in [0.1, 0.15) is 18.1 Å². The second kappa shape index (κ2) is 7.75. The average Bonchev–Trinajstić information content (AvgIpc) is 3.12. The molecule has 4 heteroatoms. The minimum absolute atomic E-state index is 0.540. The molecule has 0 atom stereocenters. The van der Waals surface area contributed by atoms with Crippen molar-refractivity contribution < 1.29 is 9.15 Å². The minimum Gasteiger partial charge on any atom is -0.489 e. The number of rotatable bonds is 6. The van der Waals surface area contributed by atoms with Gasteiger partial charge in [0.25, 0.3) is 0 Å². The Balaban J connectivity index is 1.58. The van der Waals surface area contributed by atoms with Gasteiger partial charge in [-0.15, -0.1) is 0 Å². The fourth-order valence-electron chi connectivity index (χ4n) is 1.98. The molecule has 0 fully saturated rings.